The van der Waals surface area contributed by atoms with E-state index in [2.05, 4.69) is 50.5 Å². The maximum absolute atomic E-state index is 4.40. The predicted octanol–water partition coefficient (Wildman–Crippen LogP) is 2.78. The van der Waals surface area contributed by atoms with Crippen LogP contribution in [0.15, 0.2) is 12.4 Å². The van der Waals surface area contributed by atoms with E-state index >= 15 is 0 Å². The topological polar surface area (TPSA) is 29.9 Å². The minimum absolute atomic E-state index is 0.400. The third-order valence-corrected chi connectivity index (χ3v) is 4.66. The van der Waals surface area contributed by atoms with E-state index < -0.39 is 0 Å². The summed E-state index contributed by atoms with van der Waals surface area (Å²) in [6.45, 7) is 11.1. The first-order valence-electron chi connectivity index (χ1n) is 6.91. The van der Waals surface area contributed by atoms with E-state index in [0.29, 0.717) is 17.4 Å². The Morgan fingerprint density at radius 2 is 2.24 bits per heavy atom. The molecule has 17 heavy (non-hydrogen) atoms. The molecule has 1 aromatic rings. The summed E-state index contributed by atoms with van der Waals surface area (Å²) < 4.78 is 2.03. The maximum atomic E-state index is 4.40. The van der Waals surface area contributed by atoms with Crippen molar-refractivity contribution in [3.05, 3.63) is 18.0 Å². The van der Waals surface area contributed by atoms with Crippen molar-refractivity contribution in [2.45, 2.75) is 59.0 Å². The van der Waals surface area contributed by atoms with Gasteiger partial charge in [0.25, 0.3) is 0 Å². The molecule has 1 heterocycles. The highest BCUT2D eigenvalue weighted by molar-refractivity contribution is 5.23. The Hall–Kier alpha value is -0.830. The third kappa shape index (κ3) is 2.01. The summed E-state index contributed by atoms with van der Waals surface area (Å²) in [5.74, 6) is 0.678. The van der Waals surface area contributed by atoms with Crippen LogP contribution >= 0.6 is 0 Å². The summed E-state index contributed by atoms with van der Waals surface area (Å²) in [4.78, 5) is 0. The summed E-state index contributed by atoms with van der Waals surface area (Å²) in [6, 6.07) is 0.674. The molecule has 1 aliphatic carbocycles. The number of hydrogen-bond acceptors (Lipinski definition) is 2. The van der Waals surface area contributed by atoms with Crippen LogP contribution in [0.4, 0.5) is 0 Å². The Kier molecular flexibility index (Phi) is 3.57. The van der Waals surface area contributed by atoms with E-state index in [1.54, 1.807) is 0 Å². The zero-order valence-corrected chi connectivity index (χ0v) is 11.5. The number of hydrogen-bond donors (Lipinski definition) is 1. The van der Waals surface area contributed by atoms with Crippen LogP contribution < -0.4 is 5.32 Å². The van der Waals surface area contributed by atoms with Gasteiger partial charge in [0.15, 0.2) is 0 Å². The van der Waals surface area contributed by atoms with Gasteiger partial charge < -0.3 is 5.32 Å². The van der Waals surface area contributed by atoms with Gasteiger partial charge >= 0.3 is 0 Å². The molecule has 0 spiro atoms. The summed E-state index contributed by atoms with van der Waals surface area (Å²) >= 11 is 0. The molecule has 1 N–H and O–H groups in total. The Morgan fingerprint density at radius 1 is 1.47 bits per heavy atom. The molecular formula is C14H25N3. The van der Waals surface area contributed by atoms with Crippen LogP contribution in [-0.2, 0) is 6.54 Å². The van der Waals surface area contributed by atoms with Crippen molar-refractivity contribution in [1.29, 1.82) is 0 Å². The molecule has 0 aliphatic heterocycles. The lowest BCUT2D eigenvalue weighted by Gasteiger charge is -2.54. The van der Waals surface area contributed by atoms with Crippen LogP contribution in [0.3, 0.4) is 0 Å². The molecule has 0 radical (unpaired) electrons. The molecule has 1 fully saturated rings. The second kappa shape index (κ2) is 4.81. The largest absolute Gasteiger partial charge is 0.314 e. The average molecular weight is 235 g/mol. The first-order valence-corrected chi connectivity index (χ1v) is 6.91. The highest BCUT2D eigenvalue weighted by atomic mass is 15.3. The van der Waals surface area contributed by atoms with Gasteiger partial charge in [-0.05, 0) is 43.2 Å². The number of aromatic nitrogens is 2. The molecule has 3 unspecified atom stereocenters. The van der Waals surface area contributed by atoms with Gasteiger partial charge in [-0.15, -0.1) is 0 Å². The molecule has 3 atom stereocenters. The van der Waals surface area contributed by atoms with Crippen molar-refractivity contribution < 1.29 is 0 Å². The zero-order valence-electron chi connectivity index (χ0n) is 11.5. The van der Waals surface area contributed by atoms with Crippen LogP contribution in [0.25, 0.3) is 0 Å². The van der Waals surface area contributed by atoms with E-state index in [0.717, 1.165) is 13.1 Å². The smallest absolute Gasteiger partial charge is 0.0524 e. The number of aryl methyl sites for hydroxylation is 1. The lowest BCUT2D eigenvalue weighted by atomic mass is 9.54. The van der Waals surface area contributed by atoms with Gasteiger partial charge in [0.2, 0.25) is 0 Å². The Bertz CT molecular complexity index is 371. The first kappa shape index (κ1) is 12.6. The number of nitrogens with one attached hydrogen (secondary N) is 1. The van der Waals surface area contributed by atoms with Crippen molar-refractivity contribution in [2.75, 3.05) is 6.54 Å². The highest BCUT2D eigenvalue weighted by Crippen LogP contribution is 2.54. The number of rotatable bonds is 5. The zero-order chi connectivity index (χ0) is 12.5. The van der Waals surface area contributed by atoms with Crippen LogP contribution in [0.2, 0.25) is 0 Å². The second-order valence-corrected chi connectivity index (χ2v) is 5.39. The van der Waals surface area contributed by atoms with E-state index in [-0.39, 0.29) is 0 Å². The molecule has 96 valence electrons. The van der Waals surface area contributed by atoms with Crippen molar-refractivity contribution in [3.63, 3.8) is 0 Å². The standard InChI is InChI=1S/C14H25N3/c1-5-14(4)12(8-13(14)15-6-2)11-9-16-17(7-3)10-11/h9-10,12-13,15H,5-8H2,1-4H3. The van der Waals surface area contributed by atoms with Gasteiger partial charge in [0.05, 0.1) is 6.20 Å². The Balaban J connectivity index is 2.12. The molecule has 1 saturated carbocycles. The van der Waals surface area contributed by atoms with E-state index in [4.69, 9.17) is 0 Å². The van der Waals surface area contributed by atoms with Gasteiger partial charge in [0, 0.05) is 18.8 Å². The number of nitrogens with zero attached hydrogens (tertiary/aromatic N) is 2. The molecule has 2 rings (SSSR count). The fourth-order valence-electron chi connectivity index (χ4n) is 3.16. The van der Waals surface area contributed by atoms with E-state index in [1.165, 1.54) is 18.4 Å². The summed E-state index contributed by atoms with van der Waals surface area (Å²) in [5, 5.41) is 8.02. The third-order valence-electron chi connectivity index (χ3n) is 4.66. The van der Waals surface area contributed by atoms with Crippen molar-refractivity contribution in [2.24, 2.45) is 5.41 Å². The van der Waals surface area contributed by atoms with Gasteiger partial charge in [-0.3, -0.25) is 4.68 Å². The first-order chi connectivity index (χ1) is 8.15. The van der Waals surface area contributed by atoms with Crippen LogP contribution in [0.5, 0.6) is 0 Å². The lowest BCUT2D eigenvalue weighted by molar-refractivity contribution is 0.0455. The summed E-state index contributed by atoms with van der Waals surface area (Å²) in [6.07, 6.45) is 6.77. The van der Waals surface area contributed by atoms with Gasteiger partial charge in [0.1, 0.15) is 0 Å². The molecule has 1 aliphatic rings. The molecule has 0 amide bonds. The second-order valence-electron chi connectivity index (χ2n) is 5.39. The van der Waals surface area contributed by atoms with Crippen molar-refractivity contribution in [3.8, 4) is 0 Å². The molecular weight excluding hydrogens is 210 g/mol. The molecule has 0 aromatic carbocycles. The van der Waals surface area contributed by atoms with Gasteiger partial charge in [-0.2, -0.15) is 5.10 Å². The average Bonchev–Trinajstić information content (AvgIpc) is 2.80. The maximum Gasteiger partial charge on any atom is 0.0524 e. The predicted molar refractivity (Wildman–Crippen MR) is 71.1 cm³/mol. The molecule has 3 heteroatoms. The summed E-state index contributed by atoms with van der Waals surface area (Å²) in [5.41, 5.74) is 1.82. The fourth-order valence-corrected chi connectivity index (χ4v) is 3.16. The Morgan fingerprint density at radius 3 is 2.76 bits per heavy atom. The Labute approximate surface area is 105 Å². The SMILES string of the molecule is CCNC1CC(c2cnn(CC)c2)C1(C)CC. The molecule has 1 aromatic heterocycles. The summed E-state index contributed by atoms with van der Waals surface area (Å²) in [7, 11) is 0. The molecule has 3 nitrogen and oxygen atoms in total. The van der Waals surface area contributed by atoms with Gasteiger partial charge in [-0.1, -0.05) is 20.8 Å². The fraction of sp³-hybridized carbons (Fsp3) is 0.786. The minimum atomic E-state index is 0.400. The molecule has 0 saturated heterocycles. The van der Waals surface area contributed by atoms with Crippen LogP contribution in [0, 0.1) is 5.41 Å². The normalized spacial score (nSPS) is 32.5. The lowest BCUT2D eigenvalue weighted by Crippen LogP contribution is -2.56. The van der Waals surface area contributed by atoms with Gasteiger partial charge in [-0.25, -0.2) is 0 Å². The van der Waals surface area contributed by atoms with Crippen LogP contribution in [0.1, 0.15) is 52.0 Å². The van der Waals surface area contributed by atoms with E-state index in [1.807, 2.05) is 4.68 Å². The van der Waals surface area contributed by atoms with Crippen molar-refractivity contribution in [1.82, 2.24) is 15.1 Å². The highest BCUT2D eigenvalue weighted by Gasteiger charge is 2.50. The monoisotopic (exact) mass is 235 g/mol. The minimum Gasteiger partial charge on any atom is -0.314 e. The van der Waals surface area contributed by atoms with E-state index in [9.17, 15) is 0 Å². The van der Waals surface area contributed by atoms with Crippen LogP contribution in [-0.4, -0.2) is 22.4 Å². The van der Waals surface area contributed by atoms with Crippen molar-refractivity contribution >= 4 is 0 Å². The molecule has 0 bridgehead atoms. The quantitative estimate of drug-likeness (QED) is 0.850.